The Morgan fingerprint density at radius 3 is 2.50 bits per heavy atom. The van der Waals surface area contributed by atoms with Crippen LogP contribution in [0, 0.1) is 0 Å². The van der Waals surface area contributed by atoms with Crippen molar-refractivity contribution in [1.82, 2.24) is 9.55 Å². The number of esters is 1. The molecule has 1 aliphatic heterocycles. The summed E-state index contributed by atoms with van der Waals surface area (Å²) in [5.41, 5.74) is -0.0234. The first kappa shape index (κ1) is 15.1. The Hall–Kier alpha value is -1.34. The third kappa shape index (κ3) is 3.04. The lowest BCUT2D eigenvalue weighted by atomic mass is 9.86. The Labute approximate surface area is 119 Å². The SMILES string of the molecule is CC(=O)OCCn1cnc(B2OC(C)(C)C(C)(C)O2)c1. The Morgan fingerprint density at radius 1 is 1.35 bits per heavy atom. The molecule has 0 radical (unpaired) electrons. The van der Waals surface area contributed by atoms with Crippen LogP contribution >= 0.6 is 0 Å². The van der Waals surface area contributed by atoms with E-state index in [2.05, 4.69) is 4.98 Å². The first-order valence-electron chi connectivity index (χ1n) is 6.72. The summed E-state index contributed by atoms with van der Waals surface area (Å²) in [5.74, 6) is -0.281. The lowest BCUT2D eigenvalue weighted by molar-refractivity contribution is -0.141. The summed E-state index contributed by atoms with van der Waals surface area (Å²) in [6.07, 6.45) is 3.54. The minimum Gasteiger partial charge on any atom is -0.464 e. The van der Waals surface area contributed by atoms with Crippen LogP contribution in [0.15, 0.2) is 12.5 Å². The van der Waals surface area contributed by atoms with Crippen molar-refractivity contribution in [2.24, 2.45) is 0 Å². The molecular weight excluding hydrogens is 259 g/mol. The van der Waals surface area contributed by atoms with Crippen LogP contribution in [0.1, 0.15) is 34.6 Å². The summed E-state index contributed by atoms with van der Waals surface area (Å²) >= 11 is 0. The van der Waals surface area contributed by atoms with Crippen molar-refractivity contribution in [3.63, 3.8) is 0 Å². The number of rotatable bonds is 4. The lowest BCUT2D eigenvalue weighted by Crippen LogP contribution is -2.41. The van der Waals surface area contributed by atoms with E-state index in [9.17, 15) is 4.79 Å². The molecule has 0 amide bonds. The van der Waals surface area contributed by atoms with E-state index in [1.165, 1.54) is 6.92 Å². The molecule has 1 aliphatic rings. The highest BCUT2D eigenvalue weighted by Gasteiger charge is 2.52. The molecule has 1 aromatic heterocycles. The first-order chi connectivity index (χ1) is 9.21. The van der Waals surface area contributed by atoms with Gasteiger partial charge in [-0.1, -0.05) is 0 Å². The van der Waals surface area contributed by atoms with E-state index < -0.39 is 7.12 Å². The molecule has 1 aromatic rings. The number of carbonyl (C=O) groups excluding carboxylic acids is 1. The zero-order valence-corrected chi connectivity index (χ0v) is 12.7. The Bertz CT molecular complexity index is 482. The second-order valence-corrected chi connectivity index (χ2v) is 5.96. The van der Waals surface area contributed by atoms with Gasteiger partial charge in [-0.05, 0) is 27.7 Å². The number of aromatic nitrogens is 2. The molecule has 0 bridgehead atoms. The fraction of sp³-hybridized carbons (Fsp3) is 0.692. The molecule has 20 heavy (non-hydrogen) atoms. The van der Waals surface area contributed by atoms with E-state index in [-0.39, 0.29) is 17.2 Å². The van der Waals surface area contributed by atoms with Gasteiger partial charge in [0.05, 0.1) is 29.7 Å². The summed E-state index contributed by atoms with van der Waals surface area (Å²) < 4.78 is 18.6. The second-order valence-electron chi connectivity index (χ2n) is 5.96. The fourth-order valence-corrected chi connectivity index (χ4v) is 1.88. The van der Waals surface area contributed by atoms with Crippen LogP contribution in [0.3, 0.4) is 0 Å². The Morgan fingerprint density at radius 2 is 1.95 bits per heavy atom. The van der Waals surface area contributed by atoms with Crippen LogP contribution in [-0.4, -0.2) is 40.4 Å². The highest BCUT2D eigenvalue weighted by Crippen LogP contribution is 2.36. The number of carbonyl (C=O) groups is 1. The Balaban J connectivity index is 1.98. The zero-order valence-electron chi connectivity index (χ0n) is 12.7. The molecule has 7 heteroatoms. The molecule has 1 fully saturated rings. The van der Waals surface area contributed by atoms with Gasteiger partial charge in [0.25, 0.3) is 0 Å². The molecule has 0 atom stereocenters. The average molecular weight is 280 g/mol. The lowest BCUT2D eigenvalue weighted by Gasteiger charge is -2.32. The van der Waals surface area contributed by atoms with Crippen molar-refractivity contribution >= 4 is 18.7 Å². The van der Waals surface area contributed by atoms with Crippen molar-refractivity contribution in [3.8, 4) is 0 Å². The third-order valence-corrected chi connectivity index (χ3v) is 3.80. The van der Waals surface area contributed by atoms with Gasteiger partial charge < -0.3 is 18.6 Å². The minimum absolute atomic E-state index is 0.281. The summed E-state index contributed by atoms with van der Waals surface area (Å²) in [7, 11) is -0.463. The molecular formula is C13H21BN2O4. The maximum Gasteiger partial charge on any atom is 0.516 e. The number of ether oxygens (including phenoxy) is 1. The van der Waals surface area contributed by atoms with Gasteiger partial charge in [-0.3, -0.25) is 4.79 Å². The van der Waals surface area contributed by atoms with Crippen LogP contribution in [0.4, 0.5) is 0 Å². The summed E-state index contributed by atoms with van der Waals surface area (Å²) in [5, 5.41) is 0. The van der Waals surface area contributed by atoms with Gasteiger partial charge in [-0.2, -0.15) is 0 Å². The topological polar surface area (TPSA) is 62.6 Å². The molecule has 1 saturated heterocycles. The second kappa shape index (κ2) is 5.22. The van der Waals surface area contributed by atoms with Gasteiger partial charge in [0.2, 0.25) is 0 Å². The quantitative estimate of drug-likeness (QED) is 0.601. The Kier molecular flexibility index (Phi) is 3.93. The van der Waals surface area contributed by atoms with Gasteiger partial charge in [0.1, 0.15) is 6.61 Å². The number of hydrogen-bond donors (Lipinski definition) is 0. The predicted octanol–water partition coefficient (Wildman–Crippen LogP) is 0.745. The van der Waals surface area contributed by atoms with Gasteiger partial charge in [-0.15, -0.1) is 0 Å². The largest absolute Gasteiger partial charge is 0.516 e. The summed E-state index contributed by atoms with van der Waals surface area (Å²) in [4.78, 5) is 15.0. The van der Waals surface area contributed by atoms with E-state index in [4.69, 9.17) is 14.0 Å². The van der Waals surface area contributed by atoms with Crippen LogP contribution in [0.2, 0.25) is 0 Å². The highest BCUT2D eigenvalue weighted by atomic mass is 16.7. The minimum atomic E-state index is -0.463. The summed E-state index contributed by atoms with van der Waals surface area (Å²) in [6.45, 7) is 10.3. The van der Waals surface area contributed by atoms with Crippen molar-refractivity contribution < 1.29 is 18.8 Å². The van der Waals surface area contributed by atoms with Gasteiger partial charge in [0, 0.05) is 13.1 Å². The smallest absolute Gasteiger partial charge is 0.464 e. The predicted molar refractivity (Wildman–Crippen MR) is 74.6 cm³/mol. The number of imidazole rings is 1. The highest BCUT2D eigenvalue weighted by molar-refractivity contribution is 6.61. The molecule has 2 rings (SSSR count). The van der Waals surface area contributed by atoms with Crippen molar-refractivity contribution in [3.05, 3.63) is 12.5 Å². The van der Waals surface area contributed by atoms with Gasteiger partial charge in [0.15, 0.2) is 0 Å². The van der Waals surface area contributed by atoms with Gasteiger partial charge in [-0.25, -0.2) is 4.98 Å². The van der Waals surface area contributed by atoms with Crippen LogP contribution < -0.4 is 5.59 Å². The summed E-state index contributed by atoms with van der Waals surface area (Å²) in [6, 6.07) is 0. The van der Waals surface area contributed by atoms with Crippen molar-refractivity contribution in [2.45, 2.75) is 52.4 Å². The van der Waals surface area contributed by atoms with Crippen LogP contribution in [-0.2, 0) is 25.4 Å². The molecule has 0 aromatic carbocycles. The van der Waals surface area contributed by atoms with E-state index in [0.29, 0.717) is 13.2 Å². The van der Waals surface area contributed by atoms with E-state index in [0.717, 1.165) is 5.59 Å². The van der Waals surface area contributed by atoms with Crippen LogP contribution in [0.5, 0.6) is 0 Å². The molecule has 0 aliphatic carbocycles. The first-order valence-corrected chi connectivity index (χ1v) is 6.72. The van der Waals surface area contributed by atoms with Crippen molar-refractivity contribution in [1.29, 1.82) is 0 Å². The fourth-order valence-electron chi connectivity index (χ4n) is 1.88. The number of hydrogen-bond acceptors (Lipinski definition) is 5. The normalized spacial score (nSPS) is 20.1. The van der Waals surface area contributed by atoms with E-state index in [1.807, 2.05) is 38.5 Å². The molecule has 0 saturated carbocycles. The standard InChI is InChI=1S/C13H21BN2O4/c1-10(17)18-7-6-16-8-11(15-9-16)14-19-12(2,3)13(4,5)20-14/h8-9H,6-7H2,1-5H3. The third-order valence-electron chi connectivity index (χ3n) is 3.80. The van der Waals surface area contributed by atoms with E-state index in [1.54, 1.807) is 6.33 Å². The molecule has 0 spiro atoms. The molecule has 2 heterocycles. The maximum absolute atomic E-state index is 10.7. The maximum atomic E-state index is 10.7. The molecule has 0 N–H and O–H groups in total. The average Bonchev–Trinajstić information content (AvgIpc) is 2.82. The zero-order chi connectivity index (χ0) is 15.0. The monoisotopic (exact) mass is 280 g/mol. The van der Waals surface area contributed by atoms with E-state index >= 15 is 0 Å². The van der Waals surface area contributed by atoms with Gasteiger partial charge >= 0.3 is 13.1 Å². The van der Waals surface area contributed by atoms with Crippen LogP contribution in [0.25, 0.3) is 0 Å². The number of nitrogens with zero attached hydrogens (tertiary/aromatic N) is 2. The van der Waals surface area contributed by atoms with Crippen molar-refractivity contribution in [2.75, 3.05) is 6.61 Å². The molecule has 6 nitrogen and oxygen atoms in total. The molecule has 110 valence electrons. The molecule has 0 unspecified atom stereocenters.